The first-order valence-corrected chi connectivity index (χ1v) is 11.2. The van der Waals surface area contributed by atoms with Gasteiger partial charge in [-0.3, -0.25) is 9.98 Å². The van der Waals surface area contributed by atoms with Crippen molar-refractivity contribution in [2.45, 2.75) is 31.6 Å². The molecule has 0 bridgehead atoms. The minimum Gasteiger partial charge on any atom is -0.357 e. The first kappa shape index (κ1) is 24.7. The van der Waals surface area contributed by atoms with Crippen LogP contribution in [0.1, 0.15) is 23.7 Å². The van der Waals surface area contributed by atoms with Crippen molar-refractivity contribution < 1.29 is 8.42 Å². The molecule has 0 aromatic carbocycles. The lowest BCUT2D eigenvalue weighted by molar-refractivity contribution is 0.581. The van der Waals surface area contributed by atoms with Gasteiger partial charge in [0.05, 0.1) is 11.6 Å². The zero-order valence-electron chi connectivity index (χ0n) is 16.0. The second kappa shape index (κ2) is 13.0. The molecule has 0 amide bonds. The van der Waals surface area contributed by atoms with Gasteiger partial charge < -0.3 is 10.6 Å². The number of nitrogens with one attached hydrogen (secondary N) is 3. The minimum atomic E-state index is -3.55. The average Bonchev–Trinajstić information content (AvgIpc) is 3.14. The van der Waals surface area contributed by atoms with E-state index in [1.807, 2.05) is 13.1 Å². The summed E-state index contributed by atoms with van der Waals surface area (Å²) in [4.78, 5) is 14.1. The number of sulfonamides is 1. The van der Waals surface area contributed by atoms with Crippen LogP contribution in [0, 0.1) is 0 Å². The number of nitrogens with zero attached hydrogens (tertiary/aromatic N) is 3. The van der Waals surface area contributed by atoms with Gasteiger partial charge in [-0.1, -0.05) is 6.92 Å². The quantitative estimate of drug-likeness (QED) is 0.184. The third kappa shape index (κ3) is 8.37. The number of aliphatic imine (C=N–C) groups is 1. The van der Waals surface area contributed by atoms with Gasteiger partial charge in [-0.25, -0.2) is 18.1 Å². The molecule has 3 N–H and O–H groups in total. The Bertz CT molecular complexity index is 827. The number of halogens is 1. The molecule has 0 unspecified atom stereocenters. The van der Waals surface area contributed by atoms with Gasteiger partial charge in [0.15, 0.2) is 5.96 Å². The maximum absolute atomic E-state index is 12.1. The second-order valence-corrected chi connectivity index (χ2v) is 8.56. The molecule has 0 aliphatic rings. The highest BCUT2D eigenvalue weighted by molar-refractivity contribution is 14.0. The van der Waals surface area contributed by atoms with Crippen LogP contribution in [-0.2, 0) is 22.9 Å². The standard InChI is InChI=1S/C17H26N6O2S2.HI/c1-3-14-12-22-16(26-14)7-9-20-17(19-4-2)21-10-11-23-27(24,25)15-6-5-8-18-13-15;/h5-6,8,12-13,23H,3-4,7,9-11H2,1-2H3,(H2,19,20,21);1H. The molecule has 0 fully saturated rings. The van der Waals surface area contributed by atoms with Crippen molar-refractivity contribution in [1.29, 1.82) is 0 Å². The summed E-state index contributed by atoms with van der Waals surface area (Å²) in [5.41, 5.74) is 0. The Balaban J connectivity index is 0.00000392. The highest BCUT2D eigenvalue weighted by atomic mass is 127. The molecule has 8 nitrogen and oxygen atoms in total. The van der Waals surface area contributed by atoms with Crippen LogP contribution in [-0.4, -0.2) is 50.5 Å². The molecule has 28 heavy (non-hydrogen) atoms. The molecular weight excluding hydrogens is 511 g/mol. The van der Waals surface area contributed by atoms with Crippen LogP contribution >= 0.6 is 35.3 Å². The number of rotatable bonds is 10. The number of guanidine groups is 1. The summed E-state index contributed by atoms with van der Waals surface area (Å²) in [6.07, 6.45) is 6.60. The molecule has 0 aliphatic carbocycles. The number of thiazole rings is 1. The molecule has 0 aliphatic heterocycles. The monoisotopic (exact) mass is 538 g/mol. The average molecular weight is 538 g/mol. The summed E-state index contributed by atoms with van der Waals surface area (Å²) in [6, 6.07) is 3.10. The number of hydrogen-bond donors (Lipinski definition) is 3. The Morgan fingerprint density at radius 1 is 1.21 bits per heavy atom. The molecule has 2 aromatic rings. The molecule has 2 aromatic heterocycles. The van der Waals surface area contributed by atoms with E-state index in [0.29, 0.717) is 19.0 Å². The molecular formula is C17H27IN6O2S2. The molecule has 0 saturated heterocycles. The fraction of sp³-hybridized carbons (Fsp3) is 0.471. The summed E-state index contributed by atoms with van der Waals surface area (Å²) in [5, 5.41) is 7.49. The van der Waals surface area contributed by atoms with Gasteiger partial charge in [0.1, 0.15) is 4.90 Å². The molecule has 0 atom stereocenters. The third-order valence-corrected chi connectivity index (χ3v) is 6.19. The van der Waals surface area contributed by atoms with E-state index in [-0.39, 0.29) is 35.4 Å². The number of hydrogen-bond acceptors (Lipinski definition) is 6. The molecule has 156 valence electrons. The number of aromatic nitrogens is 2. The maximum Gasteiger partial charge on any atom is 0.242 e. The van der Waals surface area contributed by atoms with Crippen molar-refractivity contribution in [2.75, 3.05) is 26.2 Å². The molecule has 0 saturated carbocycles. The van der Waals surface area contributed by atoms with E-state index in [1.165, 1.54) is 23.3 Å². The van der Waals surface area contributed by atoms with E-state index in [2.05, 4.69) is 37.2 Å². The van der Waals surface area contributed by atoms with Crippen LogP contribution in [0.4, 0.5) is 0 Å². The Labute approximate surface area is 187 Å². The van der Waals surface area contributed by atoms with Crippen LogP contribution in [0.2, 0.25) is 0 Å². The highest BCUT2D eigenvalue weighted by Gasteiger charge is 2.12. The highest BCUT2D eigenvalue weighted by Crippen LogP contribution is 2.13. The summed E-state index contributed by atoms with van der Waals surface area (Å²) in [5.74, 6) is 0.658. The molecule has 2 heterocycles. The Hall–Kier alpha value is -1.31. The van der Waals surface area contributed by atoms with Crippen molar-refractivity contribution in [3.63, 3.8) is 0 Å². The zero-order valence-corrected chi connectivity index (χ0v) is 20.0. The van der Waals surface area contributed by atoms with Crippen LogP contribution in [0.3, 0.4) is 0 Å². The normalized spacial score (nSPS) is 11.7. The Kier molecular flexibility index (Phi) is 11.5. The minimum absolute atomic E-state index is 0. The van der Waals surface area contributed by atoms with E-state index in [4.69, 9.17) is 0 Å². The molecule has 2 rings (SSSR count). The lowest BCUT2D eigenvalue weighted by atomic mass is 10.4. The Morgan fingerprint density at radius 2 is 2.04 bits per heavy atom. The summed E-state index contributed by atoms with van der Waals surface area (Å²) < 4.78 is 26.8. The van der Waals surface area contributed by atoms with Crippen LogP contribution in [0.5, 0.6) is 0 Å². The summed E-state index contributed by atoms with van der Waals surface area (Å²) >= 11 is 1.73. The zero-order chi connectivity index (χ0) is 19.5. The lowest BCUT2D eigenvalue weighted by Crippen LogP contribution is -2.39. The van der Waals surface area contributed by atoms with Crippen molar-refractivity contribution >= 4 is 51.3 Å². The van der Waals surface area contributed by atoms with Crippen molar-refractivity contribution in [2.24, 2.45) is 4.99 Å². The topological polar surface area (TPSA) is 108 Å². The molecule has 0 spiro atoms. The molecule has 11 heteroatoms. The predicted molar refractivity (Wildman–Crippen MR) is 124 cm³/mol. The smallest absolute Gasteiger partial charge is 0.242 e. The fourth-order valence-electron chi connectivity index (χ4n) is 2.19. The Morgan fingerprint density at radius 3 is 2.68 bits per heavy atom. The fourth-order valence-corrected chi connectivity index (χ4v) is 4.04. The molecule has 0 radical (unpaired) electrons. The van der Waals surface area contributed by atoms with E-state index in [1.54, 1.807) is 17.4 Å². The first-order chi connectivity index (χ1) is 13.0. The lowest BCUT2D eigenvalue weighted by Gasteiger charge is -2.11. The van der Waals surface area contributed by atoms with E-state index in [0.717, 1.165) is 24.4 Å². The summed E-state index contributed by atoms with van der Waals surface area (Å²) in [7, 11) is -3.55. The second-order valence-electron chi connectivity index (χ2n) is 5.60. The SMILES string of the molecule is CCNC(=NCCNS(=O)(=O)c1cccnc1)NCCc1ncc(CC)s1.I. The van der Waals surface area contributed by atoms with Gasteiger partial charge in [-0.15, -0.1) is 35.3 Å². The third-order valence-electron chi connectivity index (χ3n) is 3.54. The summed E-state index contributed by atoms with van der Waals surface area (Å²) in [6.45, 7) is 6.07. The largest absolute Gasteiger partial charge is 0.357 e. The van der Waals surface area contributed by atoms with Gasteiger partial charge in [0.25, 0.3) is 0 Å². The first-order valence-electron chi connectivity index (χ1n) is 8.90. The van der Waals surface area contributed by atoms with Gasteiger partial charge in [0.2, 0.25) is 10.0 Å². The van der Waals surface area contributed by atoms with Crippen molar-refractivity contribution in [3.8, 4) is 0 Å². The van der Waals surface area contributed by atoms with Crippen molar-refractivity contribution in [3.05, 3.63) is 40.6 Å². The van der Waals surface area contributed by atoms with Gasteiger partial charge >= 0.3 is 0 Å². The van der Waals surface area contributed by atoms with Crippen molar-refractivity contribution in [1.82, 2.24) is 25.3 Å². The van der Waals surface area contributed by atoms with Gasteiger partial charge in [-0.05, 0) is 25.5 Å². The van der Waals surface area contributed by atoms with Crippen LogP contribution in [0.15, 0.2) is 40.6 Å². The predicted octanol–water partition coefficient (Wildman–Crippen LogP) is 1.79. The van der Waals surface area contributed by atoms with E-state index in [9.17, 15) is 8.42 Å². The van der Waals surface area contributed by atoms with Gasteiger partial charge in [-0.2, -0.15) is 0 Å². The van der Waals surface area contributed by atoms with E-state index >= 15 is 0 Å². The number of pyridine rings is 1. The van der Waals surface area contributed by atoms with E-state index < -0.39 is 10.0 Å². The maximum atomic E-state index is 12.1. The van der Waals surface area contributed by atoms with Gasteiger partial charge in [0, 0.05) is 49.5 Å². The number of aryl methyl sites for hydroxylation is 1. The van der Waals surface area contributed by atoms with Crippen LogP contribution in [0.25, 0.3) is 0 Å². The van der Waals surface area contributed by atoms with Crippen LogP contribution < -0.4 is 15.4 Å².